The highest BCUT2D eigenvalue weighted by atomic mass is 16.2. The molecule has 3 aromatic rings. The minimum absolute atomic E-state index is 0.0952. The average Bonchev–Trinajstić information content (AvgIpc) is 3.24. The summed E-state index contributed by atoms with van der Waals surface area (Å²) in [6.45, 7) is 2.84. The third kappa shape index (κ3) is 4.94. The van der Waals surface area contributed by atoms with Crippen molar-refractivity contribution in [1.82, 2.24) is 5.32 Å². The molecule has 1 saturated heterocycles. The highest BCUT2D eigenvalue weighted by molar-refractivity contribution is 5.98. The number of hydrogen-bond acceptors (Lipinski definition) is 3. The van der Waals surface area contributed by atoms with Crippen LogP contribution in [0.5, 0.6) is 0 Å². The Balaban J connectivity index is 1.35. The van der Waals surface area contributed by atoms with Gasteiger partial charge in [-0.25, -0.2) is 0 Å². The summed E-state index contributed by atoms with van der Waals surface area (Å²) in [5, 5.41) is 6.23. The van der Waals surface area contributed by atoms with E-state index in [9.17, 15) is 9.59 Å². The average molecular weight is 414 g/mol. The molecule has 0 aliphatic carbocycles. The Kier molecular flexibility index (Phi) is 6.32. The van der Waals surface area contributed by atoms with Crippen molar-refractivity contribution in [3.63, 3.8) is 0 Å². The quantitative estimate of drug-likeness (QED) is 0.587. The Hall–Kier alpha value is -3.60. The largest absolute Gasteiger partial charge is 0.374 e. The van der Waals surface area contributed by atoms with E-state index in [1.54, 1.807) is 4.90 Å². The van der Waals surface area contributed by atoms with Crippen LogP contribution in [0, 0.1) is 0 Å². The molecule has 158 valence electrons. The van der Waals surface area contributed by atoms with Gasteiger partial charge in [-0.15, -0.1) is 0 Å². The van der Waals surface area contributed by atoms with E-state index in [0.717, 1.165) is 35.5 Å². The van der Waals surface area contributed by atoms with Gasteiger partial charge in [-0.2, -0.15) is 0 Å². The normalized spacial score (nSPS) is 14.4. The van der Waals surface area contributed by atoms with Crippen LogP contribution in [0.3, 0.4) is 0 Å². The molecule has 0 spiro atoms. The standard InChI is InChI=1S/C26H27N3O2/c1-19(20-13-15-22(16-14-20)21-8-3-2-4-9-21)28-25(30)18-27-23-10-5-6-11-24(23)29-17-7-12-26(29)31/h2-6,8-11,13-16,19,27H,7,12,17-18H2,1H3,(H,28,30)/t19-/m0/s1. The first-order valence-electron chi connectivity index (χ1n) is 10.7. The smallest absolute Gasteiger partial charge is 0.239 e. The van der Waals surface area contributed by atoms with Crippen molar-refractivity contribution in [2.24, 2.45) is 0 Å². The molecule has 1 aliphatic rings. The van der Waals surface area contributed by atoms with Crippen LogP contribution in [0.25, 0.3) is 11.1 Å². The number of anilines is 2. The molecule has 0 unspecified atom stereocenters. The number of amides is 2. The first kappa shape index (κ1) is 20.7. The van der Waals surface area contributed by atoms with Crippen LogP contribution in [0.4, 0.5) is 11.4 Å². The van der Waals surface area contributed by atoms with Gasteiger partial charge in [0, 0.05) is 13.0 Å². The van der Waals surface area contributed by atoms with Gasteiger partial charge in [0.2, 0.25) is 11.8 Å². The molecule has 3 aromatic carbocycles. The van der Waals surface area contributed by atoms with Gasteiger partial charge in [-0.1, -0.05) is 66.7 Å². The predicted molar refractivity (Wildman–Crippen MR) is 125 cm³/mol. The fourth-order valence-electron chi connectivity index (χ4n) is 3.91. The maximum atomic E-state index is 12.5. The molecule has 0 bridgehead atoms. The molecule has 0 radical (unpaired) electrons. The highest BCUT2D eigenvalue weighted by Crippen LogP contribution is 2.29. The molecular weight excluding hydrogens is 386 g/mol. The number of nitrogens with zero attached hydrogens (tertiary/aromatic N) is 1. The first-order chi connectivity index (χ1) is 15.1. The van der Waals surface area contributed by atoms with E-state index in [1.165, 1.54) is 5.56 Å². The zero-order valence-electron chi connectivity index (χ0n) is 17.7. The monoisotopic (exact) mass is 413 g/mol. The molecule has 4 rings (SSSR count). The molecule has 2 N–H and O–H groups in total. The molecule has 5 nitrogen and oxygen atoms in total. The molecule has 1 atom stereocenters. The summed E-state index contributed by atoms with van der Waals surface area (Å²) in [6.07, 6.45) is 1.45. The van der Waals surface area contributed by atoms with Crippen molar-refractivity contribution < 1.29 is 9.59 Å². The first-order valence-corrected chi connectivity index (χ1v) is 10.7. The molecule has 1 fully saturated rings. The Morgan fingerprint density at radius 3 is 2.32 bits per heavy atom. The van der Waals surface area contributed by atoms with Crippen molar-refractivity contribution in [2.45, 2.75) is 25.8 Å². The summed E-state index contributed by atoms with van der Waals surface area (Å²) in [5.74, 6) is 0.0356. The zero-order chi connectivity index (χ0) is 21.6. The Bertz CT molecular complexity index is 1050. The lowest BCUT2D eigenvalue weighted by atomic mass is 10.0. The lowest BCUT2D eigenvalue weighted by Gasteiger charge is -2.21. The van der Waals surface area contributed by atoms with Gasteiger partial charge in [0.25, 0.3) is 0 Å². The summed E-state index contributed by atoms with van der Waals surface area (Å²) in [5.41, 5.74) is 5.01. The third-order valence-electron chi connectivity index (χ3n) is 5.60. The number of carbonyl (C=O) groups excluding carboxylic acids is 2. The van der Waals surface area contributed by atoms with Crippen LogP contribution < -0.4 is 15.5 Å². The lowest BCUT2D eigenvalue weighted by molar-refractivity contribution is -0.120. The summed E-state index contributed by atoms with van der Waals surface area (Å²) < 4.78 is 0. The molecule has 0 aromatic heterocycles. The van der Waals surface area contributed by atoms with Crippen LogP contribution in [-0.2, 0) is 9.59 Å². The SMILES string of the molecule is C[C@H](NC(=O)CNc1ccccc1N1CCCC1=O)c1ccc(-c2ccccc2)cc1. The van der Waals surface area contributed by atoms with Crippen LogP contribution >= 0.6 is 0 Å². The second-order valence-electron chi connectivity index (χ2n) is 7.80. The number of carbonyl (C=O) groups is 2. The van der Waals surface area contributed by atoms with Crippen molar-refractivity contribution in [3.8, 4) is 11.1 Å². The minimum atomic E-state index is -0.102. The van der Waals surface area contributed by atoms with E-state index < -0.39 is 0 Å². The summed E-state index contributed by atoms with van der Waals surface area (Å²) in [7, 11) is 0. The maximum Gasteiger partial charge on any atom is 0.239 e. The van der Waals surface area contributed by atoms with Gasteiger partial charge >= 0.3 is 0 Å². The Morgan fingerprint density at radius 2 is 1.61 bits per heavy atom. The minimum Gasteiger partial charge on any atom is -0.374 e. The molecule has 31 heavy (non-hydrogen) atoms. The highest BCUT2D eigenvalue weighted by Gasteiger charge is 2.23. The fourth-order valence-corrected chi connectivity index (χ4v) is 3.91. The molecule has 1 aliphatic heterocycles. The van der Waals surface area contributed by atoms with Crippen LogP contribution in [0.2, 0.25) is 0 Å². The number of nitrogens with one attached hydrogen (secondary N) is 2. The summed E-state index contributed by atoms with van der Waals surface area (Å²) >= 11 is 0. The second kappa shape index (κ2) is 9.47. The van der Waals surface area contributed by atoms with Gasteiger partial charge < -0.3 is 15.5 Å². The summed E-state index contributed by atoms with van der Waals surface area (Å²) in [4.78, 5) is 26.4. The van der Waals surface area contributed by atoms with E-state index >= 15 is 0 Å². The Morgan fingerprint density at radius 1 is 0.935 bits per heavy atom. The summed E-state index contributed by atoms with van der Waals surface area (Å²) in [6, 6.07) is 26.0. The fraction of sp³-hybridized carbons (Fsp3) is 0.231. The van der Waals surface area contributed by atoms with Crippen molar-refractivity contribution in [1.29, 1.82) is 0 Å². The predicted octanol–water partition coefficient (Wildman–Crippen LogP) is 4.77. The number of para-hydroxylation sites is 2. The third-order valence-corrected chi connectivity index (χ3v) is 5.60. The van der Waals surface area contributed by atoms with Gasteiger partial charge in [-0.3, -0.25) is 9.59 Å². The maximum absolute atomic E-state index is 12.5. The molecule has 5 heteroatoms. The molecule has 2 amide bonds. The molecule has 0 saturated carbocycles. The molecule has 1 heterocycles. The van der Waals surface area contributed by atoms with E-state index in [-0.39, 0.29) is 24.4 Å². The van der Waals surface area contributed by atoms with E-state index in [2.05, 4.69) is 47.0 Å². The molecular formula is C26H27N3O2. The topological polar surface area (TPSA) is 61.4 Å². The van der Waals surface area contributed by atoms with E-state index in [4.69, 9.17) is 0 Å². The van der Waals surface area contributed by atoms with Crippen LogP contribution in [0.1, 0.15) is 31.4 Å². The lowest BCUT2D eigenvalue weighted by Crippen LogP contribution is -2.32. The zero-order valence-corrected chi connectivity index (χ0v) is 17.7. The van der Waals surface area contributed by atoms with Gasteiger partial charge in [-0.05, 0) is 42.2 Å². The van der Waals surface area contributed by atoms with Crippen LogP contribution in [0.15, 0.2) is 78.9 Å². The van der Waals surface area contributed by atoms with Crippen LogP contribution in [-0.4, -0.2) is 24.9 Å². The van der Waals surface area contributed by atoms with Gasteiger partial charge in [0.15, 0.2) is 0 Å². The number of hydrogen-bond donors (Lipinski definition) is 2. The Labute approximate surface area is 183 Å². The van der Waals surface area contributed by atoms with E-state index in [1.807, 2.05) is 49.4 Å². The number of benzene rings is 3. The van der Waals surface area contributed by atoms with Gasteiger partial charge in [0.05, 0.1) is 24.0 Å². The second-order valence-corrected chi connectivity index (χ2v) is 7.80. The van der Waals surface area contributed by atoms with Crippen molar-refractivity contribution in [3.05, 3.63) is 84.4 Å². The van der Waals surface area contributed by atoms with Crippen molar-refractivity contribution >= 4 is 23.2 Å². The van der Waals surface area contributed by atoms with Gasteiger partial charge in [0.1, 0.15) is 0 Å². The number of rotatable bonds is 7. The van der Waals surface area contributed by atoms with Crippen molar-refractivity contribution in [2.75, 3.05) is 23.3 Å². The van der Waals surface area contributed by atoms with E-state index in [0.29, 0.717) is 6.42 Å².